The lowest BCUT2D eigenvalue weighted by molar-refractivity contribution is -0.136. The zero-order valence-electron chi connectivity index (χ0n) is 15.2. The number of rotatable bonds is 7. The van der Waals surface area contributed by atoms with Gasteiger partial charge in [-0.2, -0.15) is 0 Å². The molecule has 1 aliphatic carbocycles. The molecule has 2 heterocycles. The SMILES string of the molecule is O=C(O)Cc1ccc(CN2CCC[C@H](c3nccn3CC3CC3)C2)cc1. The van der Waals surface area contributed by atoms with E-state index in [1.165, 1.54) is 37.1 Å². The van der Waals surface area contributed by atoms with Gasteiger partial charge in [0.15, 0.2) is 0 Å². The number of likely N-dealkylation sites (tertiary alicyclic amines) is 1. The molecule has 5 heteroatoms. The molecule has 1 aliphatic heterocycles. The fourth-order valence-electron chi connectivity index (χ4n) is 4.02. The second-order valence-corrected chi connectivity index (χ2v) is 7.84. The maximum Gasteiger partial charge on any atom is 0.307 e. The summed E-state index contributed by atoms with van der Waals surface area (Å²) in [5.41, 5.74) is 2.11. The van der Waals surface area contributed by atoms with Crippen molar-refractivity contribution >= 4 is 5.97 Å². The molecule has 138 valence electrons. The van der Waals surface area contributed by atoms with E-state index in [-0.39, 0.29) is 6.42 Å². The molecule has 1 aromatic carbocycles. The molecule has 0 amide bonds. The molecule has 2 aromatic rings. The molecule has 1 saturated carbocycles. The Balaban J connectivity index is 1.37. The highest BCUT2D eigenvalue weighted by atomic mass is 16.4. The predicted molar refractivity (Wildman–Crippen MR) is 100.0 cm³/mol. The van der Waals surface area contributed by atoms with Crippen LogP contribution in [0.25, 0.3) is 0 Å². The van der Waals surface area contributed by atoms with Crippen molar-refractivity contribution in [3.63, 3.8) is 0 Å². The van der Waals surface area contributed by atoms with E-state index in [9.17, 15) is 4.79 Å². The second kappa shape index (κ2) is 7.62. The number of carbonyl (C=O) groups is 1. The van der Waals surface area contributed by atoms with E-state index in [0.717, 1.165) is 37.7 Å². The van der Waals surface area contributed by atoms with Gasteiger partial charge in [0.25, 0.3) is 0 Å². The monoisotopic (exact) mass is 353 g/mol. The molecule has 4 rings (SSSR count). The van der Waals surface area contributed by atoms with Crippen LogP contribution in [0.3, 0.4) is 0 Å². The molecule has 1 N–H and O–H groups in total. The van der Waals surface area contributed by atoms with E-state index in [1.807, 2.05) is 18.3 Å². The quantitative estimate of drug-likeness (QED) is 0.830. The molecule has 5 nitrogen and oxygen atoms in total. The molecule has 0 radical (unpaired) electrons. The summed E-state index contributed by atoms with van der Waals surface area (Å²) in [6.07, 6.45) is 9.35. The minimum atomic E-state index is -0.779. The van der Waals surface area contributed by atoms with Crippen LogP contribution >= 0.6 is 0 Å². The van der Waals surface area contributed by atoms with Crippen LogP contribution in [-0.2, 0) is 24.3 Å². The molecular formula is C21H27N3O2. The summed E-state index contributed by atoms with van der Waals surface area (Å²) in [7, 11) is 0. The van der Waals surface area contributed by atoms with Gasteiger partial charge >= 0.3 is 5.97 Å². The summed E-state index contributed by atoms with van der Waals surface area (Å²) in [6.45, 7) is 4.24. The zero-order valence-corrected chi connectivity index (χ0v) is 15.2. The molecule has 26 heavy (non-hydrogen) atoms. The normalized spacial score (nSPS) is 21.0. The molecule has 1 atom stereocenters. The predicted octanol–water partition coefficient (Wildman–Crippen LogP) is 3.30. The molecule has 0 unspecified atom stereocenters. The van der Waals surface area contributed by atoms with Gasteiger partial charge in [0.2, 0.25) is 0 Å². The van der Waals surface area contributed by atoms with E-state index in [1.54, 1.807) is 0 Å². The Morgan fingerprint density at radius 1 is 1.15 bits per heavy atom. The topological polar surface area (TPSA) is 58.4 Å². The second-order valence-electron chi connectivity index (χ2n) is 7.84. The van der Waals surface area contributed by atoms with Gasteiger partial charge in [0.05, 0.1) is 6.42 Å². The third-order valence-electron chi connectivity index (χ3n) is 5.55. The Labute approximate surface area is 154 Å². The van der Waals surface area contributed by atoms with Crippen molar-refractivity contribution in [2.24, 2.45) is 5.92 Å². The van der Waals surface area contributed by atoms with Crippen LogP contribution < -0.4 is 0 Å². The van der Waals surface area contributed by atoms with Crippen LogP contribution in [0.4, 0.5) is 0 Å². The molecule has 0 bridgehead atoms. The highest BCUT2D eigenvalue weighted by molar-refractivity contribution is 5.70. The Morgan fingerprint density at radius 2 is 1.92 bits per heavy atom. The number of nitrogens with zero attached hydrogens (tertiary/aromatic N) is 3. The minimum absolute atomic E-state index is 0.0930. The Morgan fingerprint density at radius 3 is 2.65 bits per heavy atom. The van der Waals surface area contributed by atoms with Gasteiger partial charge in [-0.15, -0.1) is 0 Å². The van der Waals surface area contributed by atoms with Gasteiger partial charge in [-0.25, -0.2) is 4.98 Å². The minimum Gasteiger partial charge on any atom is -0.481 e. The molecule has 0 spiro atoms. The number of carboxylic acids is 1. The number of aromatic nitrogens is 2. The lowest BCUT2D eigenvalue weighted by Crippen LogP contribution is -2.35. The highest BCUT2D eigenvalue weighted by Gasteiger charge is 2.27. The molecule has 1 saturated heterocycles. The first-order chi connectivity index (χ1) is 12.7. The van der Waals surface area contributed by atoms with Crippen molar-refractivity contribution in [1.29, 1.82) is 0 Å². The Bertz CT molecular complexity index is 749. The average molecular weight is 353 g/mol. The maximum atomic E-state index is 10.8. The summed E-state index contributed by atoms with van der Waals surface area (Å²) in [6, 6.07) is 8.01. The van der Waals surface area contributed by atoms with Crippen LogP contribution in [0, 0.1) is 5.92 Å². The first-order valence-corrected chi connectivity index (χ1v) is 9.70. The zero-order chi connectivity index (χ0) is 17.9. The first kappa shape index (κ1) is 17.3. The van der Waals surface area contributed by atoms with E-state index in [0.29, 0.717) is 5.92 Å². The summed E-state index contributed by atoms with van der Waals surface area (Å²) in [4.78, 5) is 18.0. The van der Waals surface area contributed by atoms with E-state index in [2.05, 4.69) is 32.8 Å². The van der Waals surface area contributed by atoms with Crippen LogP contribution in [0.15, 0.2) is 36.7 Å². The van der Waals surface area contributed by atoms with Gasteiger partial charge < -0.3 is 9.67 Å². The Kier molecular flexibility index (Phi) is 5.07. The number of imidazole rings is 1. The number of hydrogen-bond acceptors (Lipinski definition) is 3. The number of hydrogen-bond donors (Lipinski definition) is 1. The lowest BCUT2D eigenvalue weighted by Gasteiger charge is -2.32. The number of aliphatic carboxylic acids is 1. The molecule has 1 aromatic heterocycles. The smallest absolute Gasteiger partial charge is 0.307 e. The standard InChI is InChI=1S/C21H27N3O2/c25-20(26)12-16-3-5-17(6-4-16)13-23-10-1-2-19(15-23)21-22-9-11-24(21)14-18-7-8-18/h3-6,9,11,18-19H,1-2,7-8,10,12-15H2,(H,25,26)/t19-/m0/s1. The maximum absolute atomic E-state index is 10.8. The fourth-order valence-corrected chi connectivity index (χ4v) is 4.02. The van der Waals surface area contributed by atoms with Crippen molar-refractivity contribution in [3.05, 3.63) is 53.6 Å². The summed E-state index contributed by atoms with van der Waals surface area (Å²) >= 11 is 0. The van der Waals surface area contributed by atoms with E-state index in [4.69, 9.17) is 5.11 Å². The molecule has 2 aliphatic rings. The van der Waals surface area contributed by atoms with Gasteiger partial charge in [-0.05, 0) is 49.3 Å². The largest absolute Gasteiger partial charge is 0.481 e. The van der Waals surface area contributed by atoms with Crippen molar-refractivity contribution in [2.75, 3.05) is 13.1 Å². The van der Waals surface area contributed by atoms with Crippen molar-refractivity contribution in [3.8, 4) is 0 Å². The van der Waals surface area contributed by atoms with E-state index < -0.39 is 5.97 Å². The first-order valence-electron chi connectivity index (χ1n) is 9.70. The molecular weight excluding hydrogens is 326 g/mol. The van der Waals surface area contributed by atoms with Gasteiger partial charge in [0.1, 0.15) is 5.82 Å². The number of piperidine rings is 1. The highest BCUT2D eigenvalue weighted by Crippen LogP contribution is 2.33. The van der Waals surface area contributed by atoms with Crippen molar-refractivity contribution in [1.82, 2.24) is 14.5 Å². The summed E-state index contributed by atoms with van der Waals surface area (Å²) < 4.78 is 2.38. The summed E-state index contributed by atoms with van der Waals surface area (Å²) in [5.74, 6) is 1.87. The number of benzene rings is 1. The third kappa shape index (κ3) is 4.33. The van der Waals surface area contributed by atoms with Gasteiger partial charge in [-0.3, -0.25) is 9.69 Å². The van der Waals surface area contributed by atoms with Crippen LogP contribution in [0.5, 0.6) is 0 Å². The average Bonchev–Trinajstić information content (AvgIpc) is 3.32. The van der Waals surface area contributed by atoms with E-state index >= 15 is 0 Å². The van der Waals surface area contributed by atoms with Gasteiger partial charge in [-0.1, -0.05) is 24.3 Å². The van der Waals surface area contributed by atoms with Crippen LogP contribution in [-0.4, -0.2) is 38.6 Å². The van der Waals surface area contributed by atoms with Crippen molar-refractivity contribution in [2.45, 2.75) is 51.1 Å². The van der Waals surface area contributed by atoms with Crippen molar-refractivity contribution < 1.29 is 9.90 Å². The summed E-state index contributed by atoms with van der Waals surface area (Å²) in [5, 5.41) is 8.88. The fraction of sp³-hybridized carbons (Fsp3) is 0.524. The van der Waals surface area contributed by atoms with Crippen LogP contribution in [0.1, 0.15) is 48.6 Å². The molecule has 2 fully saturated rings. The Hall–Kier alpha value is -2.14. The van der Waals surface area contributed by atoms with Gasteiger partial charge in [0, 0.05) is 37.9 Å². The third-order valence-corrected chi connectivity index (χ3v) is 5.55. The van der Waals surface area contributed by atoms with Crippen LogP contribution in [0.2, 0.25) is 0 Å². The lowest BCUT2D eigenvalue weighted by atomic mass is 9.96. The number of carboxylic acid groups (broad SMARTS) is 1.